The Balaban J connectivity index is 1.68. The summed E-state index contributed by atoms with van der Waals surface area (Å²) in [7, 11) is -7.27. The van der Waals surface area contributed by atoms with Gasteiger partial charge in [0.15, 0.2) is 0 Å². The fraction of sp³-hybridized carbons (Fsp3) is 0.238. The molecule has 0 aliphatic carbocycles. The lowest BCUT2D eigenvalue weighted by Gasteiger charge is -2.37. The Morgan fingerprint density at radius 1 is 0.759 bits per heavy atom. The minimum absolute atomic E-state index is 0.111. The van der Waals surface area contributed by atoms with Crippen LogP contribution in [0.4, 0.5) is 0 Å². The monoisotopic (exact) mass is 432 g/mol. The van der Waals surface area contributed by atoms with Gasteiger partial charge >= 0.3 is 0 Å². The van der Waals surface area contributed by atoms with Gasteiger partial charge in [-0.25, -0.2) is 16.8 Å². The average Bonchev–Trinajstić information content (AvgIpc) is 2.72. The van der Waals surface area contributed by atoms with Gasteiger partial charge in [0, 0.05) is 36.5 Å². The highest BCUT2D eigenvalue weighted by Gasteiger charge is 2.34. The van der Waals surface area contributed by atoms with E-state index in [1.807, 2.05) is 60.7 Å². The smallest absolute Gasteiger partial charge is 0.208 e. The van der Waals surface area contributed by atoms with Crippen molar-refractivity contribution in [3.05, 3.63) is 82.6 Å². The van der Waals surface area contributed by atoms with Crippen molar-refractivity contribution in [1.29, 1.82) is 0 Å². The lowest BCUT2D eigenvalue weighted by atomic mass is 10.2. The van der Waals surface area contributed by atoms with E-state index in [1.165, 1.54) is 19.4 Å². The van der Waals surface area contributed by atoms with Crippen LogP contribution in [0.5, 0.6) is 0 Å². The Hall–Kier alpha value is -2.26. The zero-order valence-corrected chi connectivity index (χ0v) is 17.8. The van der Waals surface area contributed by atoms with Crippen LogP contribution < -0.4 is 0 Å². The first-order chi connectivity index (χ1) is 13.8. The molecular formula is C21H24N2O4S2. The van der Waals surface area contributed by atoms with Crippen molar-refractivity contribution in [2.75, 3.05) is 19.6 Å². The second-order valence-electron chi connectivity index (χ2n) is 6.83. The number of hydrogen-bond acceptors (Lipinski definition) is 4. The summed E-state index contributed by atoms with van der Waals surface area (Å²) in [6.45, 7) is 2.06. The van der Waals surface area contributed by atoms with E-state index < -0.39 is 26.1 Å². The quantitative estimate of drug-likeness (QED) is 0.703. The predicted octanol–water partition coefficient (Wildman–Crippen LogP) is 2.99. The summed E-state index contributed by atoms with van der Waals surface area (Å²) < 4.78 is 53.3. The van der Waals surface area contributed by atoms with Gasteiger partial charge in [-0.2, -0.15) is 8.61 Å². The molecule has 154 valence electrons. The Bertz CT molecular complexity index is 1080. The van der Waals surface area contributed by atoms with Gasteiger partial charge in [0.1, 0.15) is 0 Å². The highest BCUT2D eigenvalue weighted by Crippen LogP contribution is 2.20. The molecule has 1 fully saturated rings. The van der Waals surface area contributed by atoms with Crippen LogP contribution in [0.1, 0.15) is 18.1 Å². The van der Waals surface area contributed by atoms with Gasteiger partial charge in [-0.15, -0.1) is 0 Å². The molecule has 8 heteroatoms. The summed E-state index contributed by atoms with van der Waals surface area (Å²) in [6, 6.07) is 17.9. The maximum atomic E-state index is 12.7. The van der Waals surface area contributed by atoms with E-state index in [0.29, 0.717) is 0 Å². The number of hydrogen-bond donors (Lipinski definition) is 0. The van der Waals surface area contributed by atoms with Crippen LogP contribution in [0, 0.1) is 0 Å². The van der Waals surface area contributed by atoms with Crippen LogP contribution >= 0.6 is 0 Å². The third-order valence-electron chi connectivity index (χ3n) is 4.68. The molecule has 0 amide bonds. The summed E-state index contributed by atoms with van der Waals surface area (Å²) in [4.78, 5) is 0. The molecule has 2 aromatic rings. The van der Waals surface area contributed by atoms with Gasteiger partial charge in [0.05, 0.1) is 0 Å². The van der Waals surface area contributed by atoms with Crippen molar-refractivity contribution in [3.63, 3.8) is 0 Å². The molecule has 0 spiro atoms. The van der Waals surface area contributed by atoms with Crippen LogP contribution in [0.2, 0.25) is 0 Å². The van der Waals surface area contributed by atoms with Gasteiger partial charge in [0.25, 0.3) is 0 Å². The second kappa shape index (κ2) is 9.04. The molecule has 6 nitrogen and oxygen atoms in total. The molecule has 0 saturated carbocycles. The van der Waals surface area contributed by atoms with Crippen LogP contribution in [0.15, 0.2) is 71.5 Å². The van der Waals surface area contributed by atoms with Crippen molar-refractivity contribution < 1.29 is 16.8 Å². The van der Waals surface area contributed by atoms with E-state index in [-0.39, 0.29) is 19.6 Å². The van der Waals surface area contributed by atoms with Crippen molar-refractivity contribution in [1.82, 2.24) is 8.61 Å². The molecule has 0 bridgehead atoms. The molecule has 2 aromatic carbocycles. The van der Waals surface area contributed by atoms with Gasteiger partial charge in [-0.1, -0.05) is 60.7 Å². The number of benzene rings is 2. The SMILES string of the molecule is CC1CN(S(=O)(=O)C=Cc2ccccc2)CCN1S(=O)(=O)C=Cc1ccccc1. The number of nitrogens with zero attached hydrogens (tertiary/aromatic N) is 2. The summed E-state index contributed by atoms with van der Waals surface area (Å²) in [5.41, 5.74) is 1.58. The zero-order valence-electron chi connectivity index (χ0n) is 16.1. The van der Waals surface area contributed by atoms with E-state index >= 15 is 0 Å². The molecular weight excluding hydrogens is 408 g/mol. The average molecular weight is 433 g/mol. The molecule has 1 atom stereocenters. The fourth-order valence-corrected chi connectivity index (χ4v) is 5.79. The Labute approximate surface area is 172 Å². The molecule has 0 radical (unpaired) electrons. The summed E-state index contributed by atoms with van der Waals surface area (Å²) in [5, 5.41) is 2.35. The van der Waals surface area contributed by atoms with Gasteiger partial charge in [-0.3, -0.25) is 0 Å². The first-order valence-electron chi connectivity index (χ1n) is 9.26. The Morgan fingerprint density at radius 2 is 1.24 bits per heavy atom. The first-order valence-corrected chi connectivity index (χ1v) is 12.3. The third-order valence-corrected chi connectivity index (χ3v) is 7.89. The van der Waals surface area contributed by atoms with Gasteiger partial charge < -0.3 is 0 Å². The summed E-state index contributed by atoms with van der Waals surface area (Å²) >= 11 is 0. The largest absolute Gasteiger partial charge is 0.236 e. The van der Waals surface area contributed by atoms with E-state index in [2.05, 4.69) is 0 Å². The first kappa shape index (κ1) is 21.4. The van der Waals surface area contributed by atoms with Crippen molar-refractivity contribution >= 4 is 32.2 Å². The highest BCUT2D eigenvalue weighted by molar-refractivity contribution is 7.92. The second-order valence-corrected chi connectivity index (χ2v) is 10.4. The number of rotatable bonds is 6. The molecule has 0 aromatic heterocycles. The van der Waals surface area contributed by atoms with E-state index in [4.69, 9.17) is 0 Å². The zero-order chi connectivity index (χ0) is 20.9. The molecule has 0 N–H and O–H groups in total. The third kappa shape index (κ3) is 5.63. The maximum Gasteiger partial charge on any atom is 0.236 e. The molecule has 29 heavy (non-hydrogen) atoms. The number of piperazine rings is 1. The van der Waals surface area contributed by atoms with E-state index in [9.17, 15) is 16.8 Å². The van der Waals surface area contributed by atoms with Gasteiger partial charge in [0.2, 0.25) is 20.0 Å². The molecule has 1 aliphatic rings. The minimum Gasteiger partial charge on any atom is -0.208 e. The van der Waals surface area contributed by atoms with Crippen LogP contribution in [-0.2, 0) is 20.0 Å². The molecule has 1 heterocycles. The Morgan fingerprint density at radius 3 is 1.72 bits per heavy atom. The van der Waals surface area contributed by atoms with E-state index in [1.54, 1.807) is 19.1 Å². The van der Waals surface area contributed by atoms with Crippen LogP contribution in [-0.4, -0.2) is 51.1 Å². The van der Waals surface area contributed by atoms with Crippen molar-refractivity contribution in [3.8, 4) is 0 Å². The molecule has 1 unspecified atom stereocenters. The summed E-state index contributed by atoms with van der Waals surface area (Å²) in [6.07, 6.45) is 3.10. The van der Waals surface area contributed by atoms with Crippen molar-refractivity contribution in [2.45, 2.75) is 13.0 Å². The predicted molar refractivity (Wildman–Crippen MR) is 117 cm³/mol. The minimum atomic E-state index is -3.64. The van der Waals surface area contributed by atoms with E-state index in [0.717, 1.165) is 11.1 Å². The fourth-order valence-electron chi connectivity index (χ4n) is 3.14. The molecule has 3 rings (SSSR count). The van der Waals surface area contributed by atoms with Crippen LogP contribution in [0.3, 0.4) is 0 Å². The van der Waals surface area contributed by atoms with Crippen molar-refractivity contribution in [2.24, 2.45) is 0 Å². The van der Waals surface area contributed by atoms with Gasteiger partial charge in [-0.05, 0) is 30.2 Å². The molecule has 1 saturated heterocycles. The normalized spacial score (nSPS) is 19.8. The standard InChI is InChI=1S/C21H24N2O4S2/c1-19-18-22(28(24,25)16-12-20-8-4-2-5-9-20)14-15-23(19)29(26,27)17-13-21-10-6-3-7-11-21/h2-13,16-17,19H,14-15,18H2,1H3. The van der Waals surface area contributed by atoms with Crippen LogP contribution in [0.25, 0.3) is 12.2 Å². The lowest BCUT2D eigenvalue weighted by Crippen LogP contribution is -2.54. The maximum absolute atomic E-state index is 12.7. The number of sulfonamides is 2. The molecule has 1 aliphatic heterocycles. The lowest BCUT2D eigenvalue weighted by molar-refractivity contribution is 0.216. The highest BCUT2D eigenvalue weighted by atomic mass is 32.2. The topological polar surface area (TPSA) is 74.8 Å². The Kier molecular flexibility index (Phi) is 6.69. The summed E-state index contributed by atoms with van der Waals surface area (Å²) in [5.74, 6) is 0.